The first-order valence-corrected chi connectivity index (χ1v) is 12.6. The van der Waals surface area contributed by atoms with Gasteiger partial charge in [-0.3, -0.25) is 19.2 Å². The topological polar surface area (TPSA) is 208 Å². The minimum atomic E-state index is -1.37. The molecule has 0 saturated heterocycles. The summed E-state index contributed by atoms with van der Waals surface area (Å²) in [6.07, 6.45) is 1.33. The van der Waals surface area contributed by atoms with Gasteiger partial charge in [-0.15, -0.1) is 0 Å². The molecule has 12 nitrogen and oxygen atoms in total. The van der Waals surface area contributed by atoms with Gasteiger partial charge in [0.05, 0.1) is 12.5 Å². The van der Waals surface area contributed by atoms with Crippen LogP contribution in [0, 0.1) is 5.92 Å². The first-order valence-electron chi connectivity index (χ1n) is 11.2. The zero-order valence-corrected chi connectivity index (χ0v) is 21.2. The number of nitrogens with two attached hydrogens (primary N) is 1. The van der Waals surface area contributed by atoms with Crippen molar-refractivity contribution in [2.75, 3.05) is 12.0 Å². The van der Waals surface area contributed by atoms with Crippen LogP contribution in [0.1, 0.15) is 32.3 Å². The lowest BCUT2D eigenvalue weighted by Gasteiger charge is -2.27. The fourth-order valence-electron chi connectivity index (χ4n) is 3.18. The average Bonchev–Trinajstić information content (AvgIpc) is 2.79. The molecule has 0 heterocycles. The zero-order valence-electron chi connectivity index (χ0n) is 20.4. The summed E-state index contributed by atoms with van der Waals surface area (Å²) in [6.45, 7) is 3.29. The predicted octanol–water partition coefficient (Wildman–Crippen LogP) is -0.315. The summed E-state index contributed by atoms with van der Waals surface area (Å²) >= 11 is 1.42. The van der Waals surface area contributed by atoms with Crippen LogP contribution in [-0.2, 0) is 30.4 Å². The number of rotatable bonds is 15. The maximum atomic E-state index is 13.1. The van der Waals surface area contributed by atoms with Crippen molar-refractivity contribution in [3.8, 4) is 5.75 Å². The molecule has 36 heavy (non-hydrogen) atoms. The SMILES string of the molecule is CSCCC(NC(=O)C(Cc1ccc(O)cc1)NC(=O)C(NC(=O)C(N)CC(=O)O)C(C)C)C(=O)O. The molecule has 0 aliphatic carbocycles. The molecule has 13 heteroatoms. The predicted molar refractivity (Wildman–Crippen MR) is 133 cm³/mol. The summed E-state index contributed by atoms with van der Waals surface area (Å²) in [5.41, 5.74) is 6.17. The molecule has 0 aliphatic rings. The van der Waals surface area contributed by atoms with Crippen LogP contribution in [0.2, 0.25) is 0 Å². The fraction of sp³-hybridized carbons (Fsp3) is 0.522. The number of hydrogen-bond donors (Lipinski definition) is 7. The minimum absolute atomic E-state index is 0.00655. The number of benzene rings is 1. The van der Waals surface area contributed by atoms with E-state index < -0.39 is 66.2 Å². The van der Waals surface area contributed by atoms with E-state index in [-0.39, 0.29) is 18.6 Å². The number of nitrogens with one attached hydrogen (secondary N) is 3. The summed E-state index contributed by atoms with van der Waals surface area (Å²) in [5, 5.41) is 35.3. The van der Waals surface area contributed by atoms with E-state index in [1.54, 1.807) is 32.2 Å². The second kappa shape index (κ2) is 14.9. The Kier molecular flexibility index (Phi) is 12.7. The number of hydrogen-bond acceptors (Lipinski definition) is 8. The Morgan fingerprint density at radius 2 is 1.50 bits per heavy atom. The summed E-state index contributed by atoms with van der Waals surface area (Å²) in [7, 11) is 0. The highest BCUT2D eigenvalue weighted by Crippen LogP contribution is 2.13. The summed E-state index contributed by atoms with van der Waals surface area (Å²) in [5.74, 6) is -4.74. The van der Waals surface area contributed by atoms with Crippen LogP contribution in [0.15, 0.2) is 24.3 Å². The molecule has 1 aromatic rings. The van der Waals surface area contributed by atoms with Crippen molar-refractivity contribution in [1.29, 1.82) is 0 Å². The minimum Gasteiger partial charge on any atom is -0.508 e. The summed E-state index contributed by atoms with van der Waals surface area (Å²) in [4.78, 5) is 60.9. The van der Waals surface area contributed by atoms with Crippen LogP contribution in [-0.4, -0.2) is 81.2 Å². The molecule has 3 amide bonds. The largest absolute Gasteiger partial charge is 0.508 e. The van der Waals surface area contributed by atoms with E-state index in [1.807, 2.05) is 0 Å². The lowest BCUT2D eigenvalue weighted by atomic mass is 10.00. The van der Waals surface area contributed by atoms with Gasteiger partial charge in [0.15, 0.2) is 0 Å². The van der Waals surface area contributed by atoms with Crippen LogP contribution in [0.4, 0.5) is 0 Å². The second-order valence-electron chi connectivity index (χ2n) is 8.55. The number of carbonyl (C=O) groups is 5. The Hall–Kier alpha value is -3.32. The molecule has 4 atom stereocenters. The van der Waals surface area contributed by atoms with Crippen molar-refractivity contribution in [3.63, 3.8) is 0 Å². The maximum absolute atomic E-state index is 13.1. The van der Waals surface area contributed by atoms with Gasteiger partial charge in [0.2, 0.25) is 17.7 Å². The van der Waals surface area contributed by atoms with Crippen LogP contribution in [0.5, 0.6) is 5.75 Å². The normalized spacial score (nSPS) is 14.2. The number of carboxylic acid groups (broad SMARTS) is 2. The van der Waals surface area contributed by atoms with E-state index >= 15 is 0 Å². The van der Waals surface area contributed by atoms with Crippen molar-refractivity contribution >= 4 is 41.4 Å². The van der Waals surface area contributed by atoms with Gasteiger partial charge in [-0.2, -0.15) is 11.8 Å². The third-order valence-corrected chi connectivity index (χ3v) is 5.86. The Bertz CT molecular complexity index is 925. The lowest BCUT2D eigenvalue weighted by Crippen LogP contribution is -2.59. The molecule has 0 fully saturated rings. The molecular weight excluding hydrogens is 492 g/mol. The van der Waals surface area contributed by atoms with Crippen LogP contribution in [0.25, 0.3) is 0 Å². The van der Waals surface area contributed by atoms with Gasteiger partial charge in [-0.05, 0) is 42.0 Å². The van der Waals surface area contributed by atoms with Crippen molar-refractivity contribution in [3.05, 3.63) is 29.8 Å². The molecule has 0 aromatic heterocycles. The molecule has 1 aromatic carbocycles. The van der Waals surface area contributed by atoms with Crippen LogP contribution in [0.3, 0.4) is 0 Å². The van der Waals surface area contributed by atoms with Crippen LogP contribution >= 0.6 is 11.8 Å². The van der Waals surface area contributed by atoms with Gasteiger partial charge < -0.3 is 37.0 Å². The number of carbonyl (C=O) groups excluding carboxylic acids is 3. The van der Waals surface area contributed by atoms with E-state index in [1.165, 1.54) is 23.9 Å². The molecule has 8 N–H and O–H groups in total. The molecule has 4 unspecified atom stereocenters. The number of amides is 3. The first kappa shape index (κ1) is 30.7. The highest BCUT2D eigenvalue weighted by atomic mass is 32.2. The number of thioether (sulfide) groups is 1. The smallest absolute Gasteiger partial charge is 0.326 e. The highest BCUT2D eigenvalue weighted by Gasteiger charge is 2.32. The fourth-order valence-corrected chi connectivity index (χ4v) is 3.65. The number of aromatic hydroxyl groups is 1. The van der Waals surface area contributed by atoms with Gasteiger partial charge in [0.25, 0.3) is 0 Å². The number of phenols is 1. The van der Waals surface area contributed by atoms with Gasteiger partial charge in [0, 0.05) is 6.42 Å². The summed E-state index contributed by atoms with van der Waals surface area (Å²) < 4.78 is 0. The monoisotopic (exact) mass is 526 g/mol. The van der Waals surface area contributed by atoms with Gasteiger partial charge in [-0.1, -0.05) is 26.0 Å². The van der Waals surface area contributed by atoms with E-state index in [2.05, 4.69) is 16.0 Å². The van der Waals surface area contributed by atoms with E-state index in [0.29, 0.717) is 11.3 Å². The standard InChI is InChI=1S/C23H34N4O8S/c1-12(2)19(27-20(31)15(24)11-18(29)30)22(33)26-17(10-13-4-6-14(28)7-5-13)21(32)25-16(23(34)35)8-9-36-3/h4-7,12,15-17,19,28H,8-11,24H2,1-3H3,(H,25,32)(H,26,33)(H,27,31)(H,29,30)(H,34,35). The van der Waals surface area contributed by atoms with Crippen molar-refractivity contribution in [2.45, 2.75) is 57.3 Å². The summed E-state index contributed by atoms with van der Waals surface area (Å²) in [6, 6.07) is 1.03. The third-order valence-electron chi connectivity index (χ3n) is 5.21. The molecule has 0 aliphatic heterocycles. The lowest BCUT2D eigenvalue weighted by molar-refractivity contribution is -0.142. The van der Waals surface area contributed by atoms with Gasteiger partial charge in [0.1, 0.15) is 23.9 Å². The molecule has 0 saturated carbocycles. The maximum Gasteiger partial charge on any atom is 0.326 e. The van der Waals surface area contributed by atoms with Crippen LogP contribution < -0.4 is 21.7 Å². The van der Waals surface area contributed by atoms with E-state index in [9.17, 15) is 34.2 Å². The molecule has 0 radical (unpaired) electrons. The molecule has 200 valence electrons. The Morgan fingerprint density at radius 1 is 0.917 bits per heavy atom. The molecule has 0 bridgehead atoms. The van der Waals surface area contributed by atoms with E-state index in [0.717, 1.165) is 0 Å². The van der Waals surface area contributed by atoms with Gasteiger partial charge in [-0.25, -0.2) is 4.79 Å². The van der Waals surface area contributed by atoms with Crippen molar-refractivity contribution < 1.29 is 39.3 Å². The first-order chi connectivity index (χ1) is 16.8. The number of aliphatic carboxylic acids is 2. The third kappa shape index (κ3) is 10.5. The Balaban J connectivity index is 3.11. The van der Waals surface area contributed by atoms with Gasteiger partial charge >= 0.3 is 11.9 Å². The van der Waals surface area contributed by atoms with Crippen molar-refractivity contribution in [1.82, 2.24) is 16.0 Å². The molecule has 0 spiro atoms. The number of carboxylic acids is 2. The average molecular weight is 527 g/mol. The Morgan fingerprint density at radius 3 is 2.00 bits per heavy atom. The quantitative estimate of drug-likeness (QED) is 0.158. The Labute approximate surface area is 213 Å². The highest BCUT2D eigenvalue weighted by molar-refractivity contribution is 7.98. The van der Waals surface area contributed by atoms with E-state index in [4.69, 9.17) is 10.8 Å². The zero-order chi connectivity index (χ0) is 27.4. The number of phenolic OH excluding ortho intramolecular Hbond substituents is 1. The van der Waals surface area contributed by atoms with Crippen molar-refractivity contribution in [2.24, 2.45) is 11.7 Å². The molecule has 1 rings (SSSR count). The molecular formula is C23H34N4O8S. The second-order valence-corrected chi connectivity index (χ2v) is 9.53.